The molecule has 6 nitrogen and oxygen atoms in total. The van der Waals surface area contributed by atoms with Gasteiger partial charge in [-0.1, -0.05) is 52.0 Å². The Morgan fingerprint density at radius 2 is 1.62 bits per heavy atom. The van der Waals surface area contributed by atoms with Gasteiger partial charge in [-0.2, -0.15) is 0 Å². The molecule has 6 heteroatoms. The third-order valence-electron chi connectivity index (χ3n) is 9.27. The van der Waals surface area contributed by atoms with Gasteiger partial charge in [0.1, 0.15) is 5.82 Å². The molecule has 0 aliphatic carbocycles. The number of aromatic nitrogens is 2. The Kier molecular flexibility index (Phi) is 9.77. The minimum atomic E-state index is 0.140. The number of H-pyrrole nitrogens is 1. The van der Waals surface area contributed by atoms with Crippen LogP contribution in [0.4, 0.5) is 5.69 Å². The molecule has 0 radical (unpaired) electrons. The highest BCUT2D eigenvalue weighted by Gasteiger charge is 2.21. The highest BCUT2D eigenvalue weighted by Crippen LogP contribution is 2.35. The van der Waals surface area contributed by atoms with Crippen molar-refractivity contribution in [1.29, 1.82) is 0 Å². The molecule has 5 rings (SSSR count). The van der Waals surface area contributed by atoms with Gasteiger partial charge >= 0.3 is 0 Å². The van der Waals surface area contributed by atoms with E-state index in [1.807, 2.05) is 0 Å². The Morgan fingerprint density at radius 3 is 2.38 bits per heavy atom. The molecule has 3 aromatic carbocycles. The van der Waals surface area contributed by atoms with Crippen molar-refractivity contribution in [3.05, 3.63) is 59.9 Å². The van der Waals surface area contributed by atoms with Gasteiger partial charge in [-0.05, 0) is 116 Å². The molecule has 0 bridgehead atoms. The van der Waals surface area contributed by atoms with Gasteiger partial charge < -0.3 is 22.2 Å². The predicted octanol–water partition coefficient (Wildman–Crippen LogP) is 7.75. The van der Waals surface area contributed by atoms with Crippen molar-refractivity contribution in [3.8, 4) is 11.1 Å². The average molecular weight is 567 g/mol. The average Bonchev–Trinajstić information content (AvgIpc) is 3.31. The van der Waals surface area contributed by atoms with Crippen LogP contribution in [0.5, 0.6) is 0 Å². The zero-order valence-electron chi connectivity index (χ0n) is 26.0. The number of aliphatic imine (C=N–C) groups is 1. The number of hydrogen-bond donors (Lipinski definition) is 4. The molecule has 42 heavy (non-hydrogen) atoms. The highest BCUT2D eigenvalue weighted by molar-refractivity contribution is 6.05. The number of hydrogen-bond acceptors (Lipinski definition) is 5. The third-order valence-corrected chi connectivity index (χ3v) is 9.27. The Bertz CT molecular complexity index is 1530. The Hall–Kier alpha value is -3.06. The van der Waals surface area contributed by atoms with Gasteiger partial charge in [0.05, 0.1) is 16.7 Å². The second-order valence-corrected chi connectivity index (χ2v) is 13.1. The van der Waals surface area contributed by atoms with Crippen molar-refractivity contribution in [2.75, 3.05) is 6.54 Å². The number of nitrogens with two attached hydrogens (primary N) is 3. The summed E-state index contributed by atoms with van der Waals surface area (Å²) in [5.74, 6) is 2.25. The van der Waals surface area contributed by atoms with E-state index in [0.717, 1.165) is 73.9 Å². The SMILES string of the molecule is CC(C)C(N)CCC1=Nc2ccc(-c3ccc4c(ccc5[nH]c(C(CCCN)CC(N)C(C)C)nc54)c3)cc2CCC1. The summed E-state index contributed by atoms with van der Waals surface area (Å²) < 4.78 is 0. The summed E-state index contributed by atoms with van der Waals surface area (Å²) in [5.41, 5.74) is 27.0. The summed E-state index contributed by atoms with van der Waals surface area (Å²) in [6.45, 7) is 9.46. The summed E-state index contributed by atoms with van der Waals surface area (Å²) in [6, 6.07) is 18.3. The van der Waals surface area contributed by atoms with Crippen molar-refractivity contribution in [2.24, 2.45) is 34.0 Å². The van der Waals surface area contributed by atoms with Crippen LogP contribution in [0.2, 0.25) is 0 Å². The van der Waals surface area contributed by atoms with Crippen LogP contribution in [-0.4, -0.2) is 34.3 Å². The van der Waals surface area contributed by atoms with Crippen LogP contribution in [0.3, 0.4) is 0 Å². The van der Waals surface area contributed by atoms with Crippen LogP contribution in [0.15, 0.2) is 53.5 Å². The Balaban J connectivity index is 1.40. The molecular weight excluding hydrogens is 516 g/mol. The maximum absolute atomic E-state index is 6.49. The second kappa shape index (κ2) is 13.5. The fourth-order valence-electron chi connectivity index (χ4n) is 6.16. The molecule has 1 aliphatic rings. The molecule has 2 heterocycles. The van der Waals surface area contributed by atoms with Crippen molar-refractivity contribution >= 4 is 33.2 Å². The largest absolute Gasteiger partial charge is 0.342 e. The summed E-state index contributed by atoms with van der Waals surface area (Å²) in [4.78, 5) is 13.9. The molecule has 7 N–H and O–H groups in total. The lowest BCUT2D eigenvalue weighted by Gasteiger charge is -2.21. The smallest absolute Gasteiger partial charge is 0.110 e. The third kappa shape index (κ3) is 6.94. The van der Waals surface area contributed by atoms with Crippen LogP contribution in [0.25, 0.3) is 32.9 Å². The van der Waals surface area contributed by atoms with E-state index < -0.39 is 0 Å². The van der Waals surface area contributed by atoms with Crippen molar-refractivity contribution in [2.45, 2.75) is 97.1 Å². The zero-order chi connectivity index (χ0) is 29.8. The predicted molar refractivity (Wildman–Crippen MR) is 180 cm³/mol. The molecule has 3 atom stereocenters. The van der Waals surface area contributed by atoms with Gasteiger partial charge in [-0.15, -0.1) is 0 Å². The minimum absolute atomic E-state index is 0.140. The molecule has 3 unspecified atom stereocenters. The van der Waals surface area contributed by atoms with E-state index in [-0.39, 0.29) is 18.0 Å². The number of aryl methyl sites for hydroxylation is 1. The first-order valence-corrected chi connectivity index (χ1v) is 16.1. The van der Waals surface area contributed by atoms with E-state index in [2.05, 4.69) is 81.2 Å². The normalized spacial score (nSPS) is 16.1. The van der Waals surface area contributed by atoms with Crippen molar-refractivity contribution in [1.82, 2.24) is 9.97 Å². The first-order valence-electron chi connectivity index (χ1n) is 16.1. The van der Waals surface area contributed by atoms with Crippen molar-refractivity contribution in [3.63, 3.8) is 0 Å². The van der Waals surface area contributed by atoms with Gasteiger partial charge in [-0.3, -0.25) is 4.99 Å². The van der Waals surface area contributed by atoms with E-state index >= 15 is 0 Å². The maximum atomic E-state index is 6.49. The van der Waals surface area contributed by atoms with Gasteiger partial charge in [0.25, 0.3) is 0 Å². The molecule has 0 saturated heterocycles. The molecule has 0 amide bonds. The number of aromatic amines is 1. The molecular formula is C36H50N6. The van der Waals surface area contributed by atoms with E-state index in [4.69, 9.17) is 27.2 Å². The molecule has 224 valence electrons. The van der Waals surface area contributed by atoms with E-state index in [1.165, 1.54) is 33.2 Å². The summed E-state index contributed by atoms with van der Waals surface area (Å²) in [6.07, 6.45) is 8.13. The quantitative estimate of drug-likeness (QED) is 0.140. The molecule has 4 aromatic rings. The molecule has 1 aromatic heterocycles. The van der Waals surface area contributed by atoms with E-state index in [9.17, 15) is 0 Å². The zero-order valence-corrected chi connectivity index (χ0v) is 26.0. The minimum Gasteiger partial charge on any atom is -0.342 e. The standard InChI is InChI=1S/C36H50N6/c1-22(2)31(38)15-13-29-9-5-7-27-20-25(11-16-33(27)40-29)24-10-14-30-26(19-24)12-17-34-35(30)42-36(41-34)28(8-6-18-37)21-32(39)23(3)4/h10-12,14,16-17,19-20,22-23,28,31-32H,5-9,13,15,18,21,37-39H2,1-4H3,(H,41,42). The van der Waals surface area contributed by atoms with Crippen LogP contribution in [0.1, 0.15) is 89.9 Å². The molecule has 1 aliphatic heterocycles. The van der Waals surface area contributed by atoms with E-state index in [1.54, 1.807) is 0 Å². The Labute approximate surface area is 251 Å². The first kappa shape index (κ1) is 30.4. The highest BCUT2D eigenvalue weighted by atomic mass is 14.9. The summed E-state index contributed by atoms with van der Waals surface area (Å²) in [7, 11) is 0. The summed E-state index contributed by atoms with van der Waals surface area (Å²) in [5, 5.41) is 2.38. The van der Waals surface area contributed by atoms with Crippen LogP contribution in [-0.2, 0) is 6.42 Å². The lowest BCUT2D eigenvalue weighted by Crippen LogP contribution is -2.29. The molecule has 0 spiro atoms. The van der Waals surface area contributed by atoms with Crippen LogP contribution in [0, 0.1) is 11.8 Å². The molecule has 0 saturated carbocycles. The number of rotatable bonds is 12. The van der Waals surface area contributed by atoms with Gasteiger partial charge in [0.15, 0.2) is 0 Å². The summed E-state index contributed by atoms with van der Waals surface area (Å²) >= 11 is 0. The fourth-order valence-corrected chi connectivity index (χ4v) is 6.16. The number of nitrogens with one attached hydrogen (secondary N) is 1. The first-order chi connectivity index (χ1) is 20.2. The van der Waals surface area contributed by atoms with Gasteiger partial charge in [0, 0.05) is 29.1 Å². The topological polar surface area (TPSA) is 119 Å². The number of benzene rings is 3. The van der Waals surface area contributed by atoms with Crippen LogP contribution < -0.4 is 17.2 Å². The van der Waals surface area contributed by atoms with Gasteiger partial charge in [0.2, 0.25) is 0 Å². The lowest BCUT2D eigenvalue weighted by molar-refractivity contribution is 0.403. The number of imidazole rings is 1. The van der Waals surface area contributed by atoms with Gasteiger partial charge in [-0.25, -0.2) is 4.98 Å². The van der Waals surface area contributed by atoms with Crippen molar-refractivity contribution < 1.29 is 0 Å². The Morgan fingerprint density at radius 1 is 0.857 bits per heavy atom. The number of nitrogens with zero attached hydrogens (tertiary/aromatic N) is 2. The van der Waals surface area contributed by atoms with Crippen LogP contribution >= 0.6 is 0 Å². The monoisotopic (exact) mass is 566 g/mol. The maximum Gasteiger partial charge on any atom is 0.110 e. The van der Waals surface area contributed by atoms with E-state index in [0.29, 0.717) is 18.4 Å². The number of fused-ring (bicyclic) bond motifs is 4. The molecule has 0 fully saturated rings. The second-order valence-electron chi connectivity index (χ2n) is 13.1. The lowest BCUT2D eigenvalue weighted by atomic mass is 9.90. The fraction of sp³-hybridized carbons (Fsp3) is 0.500.